The van der Waals surface area contributed by atoms with E-state index in [1.54, 1.807) is 26.8 Å². The highest BCUT2D eigenvalue weighted by Gasteiger charge is 2.26. The lowest BCUT2D eigenvalue weighted by atomic mass is 10.0. The SMILES string of the molecule is CC(C)(C)OC(=O)NC(Cc1ccccc1)C(=O)NC(C=CC(=O)NN1CCc2ccccc21)CCc1ccccc1. The third-order valence-electron chi connectivity index (χ3n) is 6.82. The van der Waals surface area contributed by atoms with Gasteiger partial charge in [0.05, 0.1) is 5.69 Å². The van der Waals surface area contributed by atoms with Crippen LogP contribution >= 0.6 is 0 Å². The minimum atomic E-state index is -0.871. The number of para-hydroxylation sites is 1. The number of fused-ring (bicyclic) bond motifs is 1. The molecule has 0 radical (unpaired) electrons. The lowest BCUT2D eigenvalue weighted by Gasteiger charge is -2.25. The van der Waals surface area contributed by atoms with Gasteiger partial charge in [-0.25, -0.2) is 4.79 Å². The molecule has 0 aromatic heterocycles. The van der Waals surface area contributed by atoms with Crippen LogP contribution in [0.15, 0.2) is 97.1 Å². The maximum absolute atomic E-state index is 13.6. The number of rotatable bonds is 11. The highest BCUT2D eigenvalue weighted by molar-refractivity contribution is 5.90. The first-order valence-corrected chi connectivity index (χ1v) is 14.4. The summed E-state index contributed by atoms with van der Waals surface area (Å²) in [4.78, 5) is 39.2. The molecular formula is C34H40N4O4. The number of hydrazine groups is 1. The first-order chi connectivity index (χ1) is 20.2. The van der Waals surface area contributed by atoms with E-state index in [2.05, 4.69) is 22.1 Å². The van der Waals surface area contributed by atoms with Crippen molar-refractivity contribution in [2.75, 3.05) is 11.6 Å². The average molecular weight is 569 g/mol. The molecular weight excluding hydrogens is 528 g/mol. The summed E-state index contributed by atoms with van der Waals surface area (Å²) < 4.78 is 5.43. The van der Waals surface area contributed by atoms with Crippen molar-refractivity contribution in [1.82, 2.24) is 16.1 Å². The number of anilines is 1. The molecule has 3 amide bonds. The molecule has 8 nitrogen and oxygen atoms in total. The molecule has 2 atom stereocenters. The van der Waals surface area contributed by atoms with Crippen LogP contribution in [0.5, 0.6) is 0 Å². The number of hydrogen-bond acceptors (Lipinski definition) is 5. The Morgan fingerprint density at radius 3 is 2.21 bits per heavy atom. The van der Waals surface area contributed by atoms with E-state index >= 15 is 0 Å². The molecule has 220 valence electrons. The molecule has 42 heavy (non-hydrogen) atoms. The van der Waals surface area contributed by atoms with Gasteiger partial charge in [0.2, 0.25) is 5.91 Å². The van der Waals surface area contributed by atoms with Crippen molar-refractivity contribution in [2.45, 2.75) is 64.1 Å². The number of aryl methyl sites for hydroxylation is 1. The van der Waals surface area contributed by atoms with E-state index in [1.165, 1.54) is 11.6 Å². The number of nitrogens with one attached hydrogen (secondary N) is 3. The third-order valence-corrected chi connectivity index (χ3v) is 6.82. The van der Waals surface area contributed by atoms with E-state index in [-0.39, 0.29) is 18.2 Å². The first kappa shape index (κ1) is 30.4. The summed E-state index contributed by atoms with van der Waals surface area (Å²) >= 11 is 0. The standard InChI is InChI=1S/C34H40N4O4/c1-34(2,3)42-33(41)36-29(24-26-14-8-5-9-15-26)32(40)35-28(19-18-25-12-6-4-7-13-25)20-21-31(39)37-38-23-22-27-16-10-11-17-30(27)38/h4-17,20-21,28-29H,18-19,22-24H2,1-3H3,(H,35,40)(H,36,41)(H,37,39). The van der Waals surface area contributed by atoms with E-state index < -0.39 is 23.8 Å². The molecule has 2 unspecified atom stereocenters. The van der Waals surface area contributed by atoms with Crippen LogP contribution in [0, 0.1) is 0 Å². The summed E-state index contributed by atoms with van der Waals surface area (Å²) in [5.74, 6) is -0.639. The van der Waals surface area contributed by atoms with Crippen LogP contribution in [0.25, 0.3) is 0 Å². The van der Waals surface area contributed by atoms with Gasteiger partial charge >= 0.3 is 6.09 Å². The fourth-order valence-electron chi connectivity index (χ4n) is 4.80. The molecule has 1 heterocycles. The number of hydrogen-bond donors (Lipinski definition) is 3. The van der Waals surface area contributed by atoms with Gasteiger partial charge in [0.15, 0.2) is 0 Å². The van der Waals surface area contributed by atoms with Gasteiger partial charge in [-0.1, -0.05) is 84.9 Å². The Kier molecular flexibility index (Phi) is 10.4. The average Bonchev–Trinajstić information content (AvgIpc) is 3.36. The van der Waals surface area contributed by atoms with Crippen LogP contribution in [0.4, 0.5) is 10.5 Å². The van der Waals surface area contributed by atoms with Crippen LogP contribution in [0.3, 0.4) is 0 Å². The molecule has 0 aliphatic carbocycles. The normalized spacial score (nSPS) is 14.1. The van der Waals surface area contributed by atoms with E-state index in [0.717, 1.165) is 23.2 Å². The van der Waals surface area contributed by atoms with Crippen molar-refractivity contribution >= 4 is 23.6 Å². The second-order valence-electron chi connectivity index (χ2n) is 11.4. The number of carbonyl (C=O) groups is 3. The van der Waals surface area contributed by atoms with E-state index in [4.69, 9.17) is 4.74 Å². The highest BCUT2D eigenvalue weighted by atomic mass is 16.6. The predicted molar refractivity (Wildman–Crippen MR) is 165 cm³/mol. The van der Waals surface area contributed by atoms with Gasteiger partial charge in [-0.3, -0.25) is 20.0 Å². The molecule has 8 heteroatoms. The molecule has 1 aliphatic heterocycles. The summed E-state index contributed by atoms with van der Waals surface area (Å²) in [5, 5.41) is 7.64. The van der Waals surface area contributed by atoms with E-state index in [9.17, 15) is 14.4 Å². The van der Waals surface area contributed by atoms with Gasteiger partial charge in [-0.15, -0.1) is 0 Å². The van der Waals surface area contributed by atoms with Crippen molar-refractivity contribution in [1.29, 1.82) is 0 Å². The van der Waals surface area contributed by atoms with Crippen LogP contribution in [-0.2, 0) is 33.6 Å². The Bertz CT molecular complexity index is 1370. The topological polar surface area (TPSA) is 99.8 Å². The summed E-state index contributed by atoms with van der Waals surface area (Å²) in [6.45, 7) is 6.02. The summed E-state index contributed by atoms with van der Waals surface area (Å²) in [6, 6.07) is 26.1. The third kappa shape index (κ3) is 9.51. The second-order valence-corrected chi connectivity index (χ2v) is 11.4. The van der Waals surface area contributed by atoms with Gasteiger partial charge in [0, 0.05) is 25.1 Å². The van der Waals surface area contributed by atoms with Gasteiger partial charge in [-0.2, -0.15) is 0 Å². The smallest absolute Gasteiger partial charge is 0.408 e. The summed E-state index contributed by atoms with van der Waals surface area (Å²) in [7, 11) is 0. The molecule has 1 aliphatic rings. The van der Waals surface area contributed by atoms with Crippen LogP contribution in [-0.4, -0.2) is 42.1 Å². The molecule has 0 fully saturated rings. The Balaban J connectivity index is 1.47. The van der Waals surface area contributed by atoms with Gasteiger partial charge in [0.1, 0.15) is 11.6 Å². The monoisotopic (exact) mass is 568 g/mol. The van der Waals surface area contributed by atoms with Crippen molar-refractivity contribution in [2.24, 2.45) is 0 Å². The first-order valence-electron chi connectivity index (χ1n) is 14.4. The largest absolute Gasteiger partial charge is 0.444 e. The molecule has 0 saturated heterocycles. The molecule has 4 rings (SSSR count). The van der Waals surface area contributed by atoms with E-state index in [0.29, 0.717) is 19.4 Å². The number of amides is 3. The highest BCUT2D eigenvalue weighted by Crippen LogP contribution is 2.25. The summed E-state index contributed by atoms with van der Waals surface area (Å²) in [6.07, 6.45) is 4.92. The zero-order valence-corrected chi connectivity index (χ0v) is 24.5. The zero-order chi connectivity index (χ0) is 30.0. The lowest BCUT2D eigenvalue weighted by Crippen LogP contribution is -2.51. The van der Waals surface area contributed by atoms with Crippen LogP contribution in [0.1, 0.15) is 43.9 Å². The molecule has 0 spiro atoms. The molecule has 3 aromatic rings. The fourth-order valence-corrected chi connectivity index (χ4v) is 4.80. The molecule has 3 aromatic carbocycles. The predicted octanol–water partition coefficient (Wildman–Crippen LogP) is 4.89. The van der Waals surface area contributed by atoms with Crippen LogP contribution in [0.2, 0.25) is 0 Å². The molecule has 3 N–H and O–H groups in total. The minimum Gasteiger partial charge on any atom is -0.444 e. The van der Waals surface area contributed by atoms with Crippen molar-refractivity contribution < 1.29 is 19.1 Å². The van der Waals surface area contributed by atoms with Crippen molar-refractivity contribution in [3.8, 4) is 0 Å². The number of ether oxygens (including phenoxy) is 1. The summed E-state index contributed by atoms with van der Waals surface area (Å²) in [5.41, 5.74) is 6.44. The maximum Gasteiger partial charge on any atom is 0.408 e. The Hall–Kier alpha value is -4.59. The minimum absolute atomic E-state index is 0.279. The zero-order valence-electron chi connectivity index (χ0n) is 24.5. The second kappa shape index (κ2) is 14.3. The molecule has 0 bridgehead atoms. The van der Waals surface area contributed by atoms with Gasteiger partial charge < -0.3 is 15.4 Å². The van der Waals surface area contributed by atoms with Gasteiger partial charge in [-0.05, 0) is 62.8 Å². The quantitative estimate of drug-likeness (QED) is 0.286. The van der Waals surface area contributed by atoms with Crippen LogP contribution < -0.4 is 21.1 Å². The maximum atomic E-state index is 13.6. The fraction of sp³-hybridized carbons (Fsp3) is 0.324. The number of nitrogens with zero attached hydrogens (tertiary/aromatic N) is 1. The Morgan fingerprint density at radius 1 is 0.881 bits per heavy atom. The molecule has 0 saturated carbocycles. The lowest BCUT2D eigenvalue weighted by molar-refractivity contribution is -0.123. The Morgan fingerprint density at radius 2 is 1.52 bits per heavy atom. The number of benzene rings is 3. The van der Waals surface area contributed by atoms with Gasteiger partial charge in [0.25, 0.3) is 5.91 Å². The van der Waals surface area contributed by atoms with E-state index in [1.807, 2.05) is 83.9 Å². The number of carbonyl (C=O) groups excluding carboxylic acids is 3. The van der Waals surface area contributed by atoms with Crippen molar-refractivity contribution in [3.05, 3.63) is 114 Å². The number of alkyl carbamates (subject to hydrolysis) is 1. The Labute approximate surface area is 248 Å². The van der Waals surface area contributed by atoms with Crippen molar-refractivity contribution in [3.63, 3.8) is 0 Å².